The molecule has 5 nitrogen and oxygen atoms in total. The van der Waals surface area contributed by atoms with Crippen molar-refractivity contribution in [2.45, 2.75) is 25.8 Å². The number of carbonyl (C=O) groups is 2. The summed E-state index contributed by atoms with van der Waals surface area (Å²) in [5, 5.41) is 11.3. The quantitative estimate of drug-likeness (QED) is 0.690. The Kier molecular flexibility index (Phi) is 5.70. The Hall–Kier alpha value is -2.04. The summed E-state index contributed by atoms with van der Waals surface area (Å²) in [4.78, 5) is 21.2. The van der Waals surface area contributed by atoms with E-state index in [2.05, 4.69) is 5.32 Å². The van der Waals surface area contributed by atoms with Gasteiger partial charge in [-0.05, 0) is 24.1 Å². The van der Waals surface area contributed by atoms with E-state index in [9.17, 15) is 9.59 Å². The van der Waals surface area contributed by atoms with Crippen LogP contribution in [-0.2, 0) is 9.59 Å². The van der Waals surface area contributed by atoms with E-state index in [4.69, 9.17) is 9.84 Å². The van der Waals surface area contributed by atoms with Crippen LogP contribution in [0.2, 0.25) is 0 Å². The Labute approximate surface area is 106 Å². The average molecular weight is 251 g/mol. The van der Waals surface area contributed by atoms with Crippen LogP contribution < -0.4 is 10.1 Å². The molecule has 98 valence electrons. The molecule has 0 unspecified atom stereocenters. The first-order valence-electron chi connectivity index (χ1n) is 5.81. The van der Waals surface area contributed by atoms with E-state index < -0.39 is 12.0 Å². The zero-order valence-corrected chi connectivity index (χ0v) is 10.3. The maximum atomic E-state index is 10.7. The summed E-state index contributed by atoms with van der Waals surface area (Å²) in [5.41, 5.74) is 0.720. The summed E-state index contributed by atoms with van der Waals surface area (Å²) in [7, 11) is 0. The fourth-order valence-corrected chi connectivity index (χ4v) is 1.57. The summed E-state index contributed by atoms with van der Waals surface area (Å²) in [6.07, 6.45) is 1.25. The average Bonchev–Trinajstić information content (AvgIpc) is 2.36. The molecule has 2 N–H and O–H groups in total. The molecule has 0 radical (unpaired) electrons. The Balaban J connectivity index is 2.82. The van der Waals surface area contributed by atoms with E-state index in [-0.39, 0.29) is 6.42 Å². The van der Waals surface area contributed by atoms with Crippen LogP contribution in [0, 0.1) is 0 Å². The van der Waals surface area contributed by atoms with E-state index in [0.29, 0.717) is 18.8 Å². The van der Waals surface area contributed by atoms with E-state index in [1.165, 1.54) is 0 Å². The number of nitrogens with one attached hydrogen (secondary N) is 1. The van der Waals surface area contributed by atoms with Gasteiger partial charge >= 0.3 is 5.97 Å². The zero-order valence-electron chi connectivity index (χ0n) is 10.3. The van der Waals surface area contributed by atoms with Crippen LogP contribution >= 0.6 is 0 Å². The number of benzene rings is 1. The highest BCUT2D eigenvalue weighted by Gasteiger charge is 2.15. The molecule has 0 aromatic heterocycles. The highest BCUT2D eigenvalue weighted by atomic mass is 16.5. The number of carboxylic acid groups (broad SMARTS) is 1. The first-order chi connectivity index (χ1) is 8.67. The SMILES string of the molecule is CCCOc1cccc([C@H](CC(=O)O)NC=O)c1. The minimum absolute atomic E-state index is 0.157. The standard InChI is InChI=1S/C13H17NO4/c1-2-6-18-11-5-3-4-10(7-11)12(14-9-15)8-13(16)17/h3-5,7,9,12H,2,6,8H2,1H3,(H,14,15)(H,16,17)/t12-/m0/s1. The van der Waals surface area contributed by atoms with Gasteiger partial charge in [0.2, 0.25) is 6.41 Å². The van der Waals surface area contributed by atoms with Gasteiger partial charge < -0.3 is 15.2 Å². The van der Waals surface area contributed by atoms with E-state index >= 15 is 0 Å². The second kappa shape index (κ2) is 7.32. The second-order valence-electron chi connectivity index (χ2n) is 3.86. The van der Waals surface area contributed by atoms with Crippen molar-refractivity contribution >= 4 is 12.4 Å². The topological polar surface area (TPSA) is 75.6 Å². The summed E-state index contributed by atoms with van der Waals surface area (Å²) >= 11 is 0. The van der Waals surface area contributed by atoms with Gasteiger partial charge in [0, 0.05) is 0 Å². The van der Waals surface area contributed by atoms with E-state index in [0.717, 1.165) is 12.0 Å². The summed E-state index contributed by atoms with van der Waals surface area (Å²) in [6, 6.07) is 6.56. The third kappa shape index (κ3) is 4.45. The fraction of sp³-hybridized carbons (Fsp3) is 0.385. The van der Waals surface area contributed by atoms with Crippen molar-refractivity contribution in [2.24, 2.45) is 0 Å². The van der Waals surface area contributed by atoms with Crippen molar-refractivity contribution in [1.82, 2.24) is 5.32 Å². The lowest BCUT2D eigenvalue weighted by atomic mass is 10.0. The number of hydrogen-bond donors (Lipinski definition) is 2. The molecule has 0 heterocycles. The maximum Gasteiger partial charge on any atom is 0.305 e. The Morgan fingerprint density at radius 2 is 2.33 bits per heavy atom. The molecule has 0 spiro atoms. The molecule has 1 aromatic rings. The van der Waals surface area contributed by atoms with Gasteiger partial charge in [-0.3, -0.25) is 9.59 Å². The van der Waals surface area contributed by atoms with Crippen LogP contribution in [-0.4, -0.2) is 24.1 Å². The minimum atomic E-state index is -0.964. The summed E-state index contributed by atoms with van der Waals surface area (Å²) < 4.78 is 5.47. The largest absolute Gasteiger partial charge is 0.494 e. The van der Waals surface area contributed by atoms with E-state index in [1.54, 1.807) is 24.3 Å². The van der Waals surface area contributed by atoms with Gasteiger partial charge in [-0.1, -0.05) is 19.1 Å². The van der Waals surface area contributed by atoms with Gasteiger partial charge in [-0.25, -0.2) is 0 Å². The number of aliphatic carboxylic acids is 1. The predicted octanol–water partition coefficient (Wildman–Crippen LogP) is 1.74. The number of carboxylic acids is 1. The second-order valence-corrected chi connectivity index (χ2v) is 3.86. The monoisotopic (exact) mass is 251 g/mol. The number of carbonyl (C=O) groups excluding carboxylic acids is 1. The molecule has 0 aliphatic carbocycles. The smallest absolute Gasteiger partial charge is 0.305 e. The highest BCUT2D eigenvalue weighted by molar-refractivity contribution is 5.68. The van der Waals surface area contributed by atoms with Crippen LogP contribution in [0.25, 0.3) is 0 Å². The molecule has 1 aromatic carbocycles. The fourth-order valence-electron chi connectivity index (χ4n) is 1.57. The zero-order chi connectivity index (χ0) is 13.4. The maximum absolute atomic E-state index is 10.7. The lowest BCUT2D eigenvalue weighted by molar-refractivity contribution is -0.137. The normalized spacial score (nSPS) is 11.6. The van der Waals surface area contributed by atoms with Crippen molar-refractivity contribution < 1.29 is 19.4 Å². The number of ether oxygens (including phenoxy) is 1. The van der Waals surface area contributed by atoms with Gasteiger partial charge in [0.05, 0.1) is 19.1 Å². The van der Waals surface area contributed by atoms with Crippen molar-refractivity contribution in [2.75, 3.05) is 6.61 Å². The van der Waals surface area contributed by atoms with Crippen molar-refractivity contribution in [3.63, 3.8) is 0 Å². The number of amides is 1. The third-order valence-electron chi connectivity index (χ3n) is 2.38. The number of rotatable bonds is 8. The Morgan fingerprint density at radius 1 is 1.56 bits per heavy atom. The lowest BCUT2D eigenvalue weighted by Crippen LogP contribution is -2.22. The van der Waals surface area contributed by atoms with E-state index in [1.807, 2.05) is 6.92 Å². The van der Waals surface area contributed by atoms with Crippen LogP contribution in [0.4, 0.5) is 0 Å². The molecule has 0 aliphatic heterocycles. The third-order valence-corrected chi connectivity index (χ3v) is 2.38. The van der Waals surface area contributed by atoms with Gasteiger partial charge in [0.1, 0.15) is 5.75 Å². The molecule has 0 bridgehead atoms. The molecule has 18 heavy (non-hydrogen) atoms. The molecule has 1 amide bonds. The molecule has 1 atom stereocenters. The van der Waals surface area contributed by atoms with Crippen LogP contribution in [0.3, 0.4) is 0 Å². The highest BCUT2D eigenvalue weighted by Crippen LogP contribution is 2.21. The Morgan fingerprint density at radius 3 is 2.94 bits per heavy atom. The summed E-state index contributed by atoms with van der Waals surface area (Å²) in [6.45, 7) is 2.61. The first-order valence-corrected chi connectivity index (χ1v) is 5.81. The Bertz CT molecular complexity index is 406. The lowest BCUT2D eigenvalue weighted by Gasteiger charge is -2.15. The molecule has 0 saturated carbocycles. The molecule has 0 aliphatic rings. The molecular weight excluding hydrogens is 234 g/mol. The van der Waals surface area contributed by atoms with Crippen LogP contribution in [0.15, 0.2) is 24.3 Å². The van der Waals surface area contributed by atoms with Gasteiger partial charge in [0.25, 0.3) is 0 Å². The predicted molar refractivity (Wildman–Crippen MR) is 66.4 cm³/mol. The van der Waals surface area contributed by atoms with Crippen LogP contribution in [0.1, 0.15) is 31.4 Å². The first kappa shape index (κ1) is 14.0. The molecule has 1 rings (SSSR count). The van der Waals surface area contributed by atoms with Crippen molar-refractivity contribution in [1.29, 1.82) is 0 Å². The van der Waals surface area contributed by atoms with Gasteiger partial charge in [0.15, 0.2) is 0 Å². The number of hydrogen-bond acceptors (Lipinski definition) is 3. The molecule has 0 saturated heterocycles. The molecule has 5 heteroatoms. The molecule has 0 fully saturated rings. The van der Waals surface area contributed by atoms with Crippen LogP contribution in [0.5, 0.6) is 5.75 Å². The van der Waals surface area contributed by atoms with Crippen molar-refractivity contribution in [3.8, 4) is 5.75 Å². The van der Waals surface area contributed by atoms with Crippen molar-refractivity contribution in [3.05, 3.63) is 29.8 Å². The summed E-state index contributed by atoms with van der Waals surface area (Å²) in [5.74, 6) is -0.285. The molecular formula is C13H17NO4. The minimum Gasteiger partial charge on any atom is -0.494 e. The van der Waals surface area contributed by atoms with Gasteiger partial charge in [-0.15, -0.1) is 0 Å². The van der Waals surface area contributed by atoms with Gasteiger partial charge in [-0.2, -0.15) is 0 Å².